The number of anilines is 1. The Kier molecular flexibility index (Phi) is 5.21. The van der Waals surface area contributed by atoms with Gasteiger partial charge in [-0.2, -0.15) is 0 Å². The van der Waals surface area contributed by atoms with Gasteiger partial charge in [0.2, 0.25) is 6.41 Å². The topological polar surface area (TPSA) is 36.4 Å². The summed E-state index contributed by atoms with van der Waals surface area (Å²) in [5.74, 6) is 1.01. The molecule has 1 aromatic rings. The number of hydrogen-bond donors (Lipinski definition) is 0. The summed E-state index contributed by atoms with van der Waals surface area (Å²) in [5, 5.41) is 0. The number of amides is 1. The van der Waals surface area contributed by atoms with E-state index in [0.717, 1.165) is 37.2 Å². The second-order valence-corrected chi connectivity index (χ2v) is 6.40. The smallest absolute Gasteiger partial charge is 0.210 e. The van der Waals surface area contributed by atoms with Gasteiger partial charge in [0.05, 0.1) is 6.04 Å². The van der Waals surface area contributed by atoms with Gasteiger partial charge in [0.15, 0.2) is 0 Å². The fourth-order valence-corrected chi connectivity index (χ4v) is 3.31. The number of hydrogen-bond acceptors (Lipinski definition) is 3. The number of nitrogens with zero attached hydrogens (tertiary/aromatic N) is 3. The summed E-state index contributed by atoms with van der Waals surface area (Å²) < 4.78 is 0. The molecule has 0 unspecified atom stereocenters. The van der Waals surface area contributed by atoms with Gasteiger partial charge in [-0.05, 0) is 58.6 Å². The van der Waals surface area contributed by atoms with Gasteiger partial charge in [-0.3, -0.25) is 4.79 Å². The lowest BCUT2D eigenvalue weighted by Crippen LogP contribution is -2.37. The third-order valence-electron chi connectivity index (χ3n) is 4.21. The molecule has 0 bridgehead atoms. The van der Waals surface area contributed by atoms with Crippen LogP contribution in [0.1, 0.15) is 58.6 Å². The van der Waals surface area contributed by atoms with Gasteiger partial charge in [0, 0.05) is 24.8 Å². The van der Waals surface area contributed by atoms with Gasteiger partial charge in [-0.15, -0.1) is 0 Å². The Labute approximate surface area is 128 Å². The standard InChI is InChI=1S/C17H27N3O/c1-13(2)20(14(3)4)17-9-8-15(11-18-17)16-7-5-6-10-19(16)12-21/h8-9,11-14,16H,5-7,10H2,1-4H3/t16-/m1/s1. The molecule has 4 nitrogen and oxygen atoms in total. The second-order valence-electron chi connectivity index (χ2n) is 6.40. The van der Waals surface area contributed by atoms with E-state index in [9.17, 15) is 4.79 Å². The van der Waals surface area contributed by atoms with E-state index in [0.29, 0.717) is 12.1 Å². The molecule has 116 valence electrons. The molecule has 1 aliphatic rings. The molecular weight excluding hydrogens is 262 g/mol. The summed E-state index contributed by atoms with van der Waals surface area (Å²) in [4.78, 5) is 20.1. The molecule has 21 heavy (non-hydrogen) atoms. The molecular formula is C17H27N3O. The fraction of sp³-hybridized carbons (Fsp3) is 0.647. The van der Waals surface area contributed by atoms with Crippen LogP contribution in [0.5, 0.6) is 0 Å². The number of carbonyl (C=O) groups excluding carboxylic acids is 1. The second kappa shape index (κ2) is 6.92. The van der Waals surface area contributed by atoms with Crippen LogP contribution in [-0.2, 0) is 4.79 Å². The molecule has 1 aromatic heterocycles. The summed E-state index contributed by atoms with van der Waals surface area (Å²) in [6.45, 7) is 9.60. The molecule has 2 heterocycles. The third kappa shape index (κ3) is 3.55. The Hall–Kier alpha value is -1.58. The molecule has 1 fully saturated rings. The Balaban J connectivity index is 2.19. The van der Waals surface area contributed by atoms with Gasteiger partial charge < -0.3 is 9.80 Å². The maximum absolute atomic E-state index is 11.2. The maximum atomic E-state index is 11.2. The molecule has 1 saturated heterocycles. The molecule has 1 atom stereocenters. The van der Waals surface area contributed by atoms with E-state index in [1.54, 1.807) is 0 Å². The molecule has 4 heteroatoms. The first-order valence-corrected chi connectivity index (χ1v) is 8.00. The molecule has 2 rings (SSSR count). The van der Waals surface area contributed by atoms with Crippen molar-refractivity contribution in [2.24, 2.45) is 0 Å². The molecule has 1 amide bonds. The molecule has 0 radical (unpaired) electrons. The van der Waals surface area contributed by atoms with Gasteiger partial charge in [0.1, 0.15) is 5.82 Å². The van der Waals surface area contributed by atoms with E-state index >= 15 is 0 Å². The zero-order chi connectivity index (χ0) is 15.4. The van der Waals surface area contributed by atoms with Crippen LogP contribution in [0.4, 0.5) is 5.82 Å². The first-order valence-electron chi connectivity index (χ1n) is 8.00. The monoisotopic (exact) mass is 289 g/mol. The summed E-state index contributed by atoms with van der Waals surface area (Å²) in [6, 6.07) is 5.26. The summed E-state index contributed by atoms with van der Waals surface area (Å²) in [7, 11) is 0. The Morgan fingerprint density at radius 1 is 1.24 bits per heavy atom. The zero-order valence-corrected chi connectivity index (χ0v) is 13.6. The number of likely N-dealkylation sites (tertiary alicyclic amines) is 1. The van der Waals surface area contributed by atoms with E-state index in [2.05, 4.69) is 49.7 Å². The number of pyridine rings is 1. The highest BCUT2D eigenvalue weighted by Gasteiger charge is 2.23. The van der Waals surface area contributed by atoms with Crippen molar-refractivity contribution in [1.29, 1.82) is 0 Å². The maximum Gasteiger partial charge on any atom is 0.210 e. The van der Waals surface area contributed by atoms with Gasteiger partial charge >= 0.3 is 0 Å². The average Bonchev–Trinajstić information content (AvgIpc) is 2.47. The number of rotatable bonds is 5. The van der Waals surface area contributed by atoms with E-state index in [4.69, 9.17) is 0 Å². The predicted octanol–water partition coefficient (Wildman–Crippen LogP) is 3.39. The van der Waals surface area contributed by atoms with Crippen LogP contribution in [0.2, 0.25) is 0 Å². The van der Waals surface area contributed by atoms with Crippen molar-refractivity contribution in [2.75, 3.05) is 11.4 Å². The van der Waals surface area contributed by atoms with Crippen molar-refractivity contribution in [3.05, 3.63) is 23.9 Å². The van der Waals surface area contributed by atoms with Crippen LogP contribution in [0.15, 0.2) is 18.3 Å². The van der Waals surface area contributed by atoms with E-state index in [1.807, 2.05) is 11.1 Å². The molecule has 1 aliphatic heterocycles. The number of carbonyl (C=O) groups is 1. The fourth-order valence-electron chi connectivity index (χ4n) is 3.31. The lowest BCUT2D eigenvalue weighted by molar-refractivity contribution is -0.121. The minimum absolute atomic E-state index is 0.198. The van der Waals surface area contributed by atoms with Crippen LogP contribution < -0.4 is 4.90 Å². The van der Waals surface area contributed by atoms with E-state index in [1.165, 1.54) is 6.42 Å². The van der Waals surface area contributed by atoms with Crippen molar-refractivity contribution in [1.82, 2.24) is 9.88 Å². The summed E-state index contributed by atoms with van der Waals surface area (Å²) >= 11 is 0. The number of piperidine rings is 1. The Bertz CT molecular complexity index is 448. The van der Waals surface area contributed by atoms with Gasteiger partial charge in [-0.25, -0.2) is 4.98 Å². The van der Waals surface area contributed by atoms with Crippen LogP contribution in [0.25, 0.3) is 0 Å². The lowest BCUT2D eigenvalue weighted by atomic mass is 9.97. The van der Waals surface area contributed by atoms with Crippen LogP contribution in [0.3, 0.4) is 0 Å². The van der Waals surface area contributed by atoms with Crippen molar-refractivity contribution in [2.45, 2.75) is 65.1 Å². The van der Waals surface area contributed by atoms with Crippen molar-refractivity contribution in [3.63, 3.8) is 0 Å². The van der Waals surface area contributed by atoms with E-state index in [-0.39, 0.29) is 6.04 Å². The van der Waals surface area contributed by atoms with Crippen LogP contribution >= 0.6 is 0 Å². The van der Waals surface area contributed by atoms with Crippen LogP contribution in [-0.4, -0.2) is 34.9 Å². The van der Waals surface area contributed by atoms with Crippen molar-refractivity contribution >= 4 is 12.2 Å². The first kappa shape index (κ1) is 15.8. The average molecular weight is 289 g/mol. The largest absolute Gasteiger partial charge is 0.352 e. The summed E-state index contributed by atoms with van der Waals surface area (Å²) in [6.07, 6.45) is 6.25. The minimum atomic E-state index is 0.198. The van der Waals surface area contributed by atoms with Crippen molar-refractivity contribution < 1.29 is 4.79 Å². The summed E-state index contributed by atoms with van der Waals surface area (Å²) in [5.41, 5.74) is 1.15. The third-order valence-corrected chi connectivity index (χ3v) is 4.21. The highest BCUT2D eigenvalue weighted by molar-refractivity contribution is 5.49. The lowest BCUT2D eigenvalue weighted by Gasteiger charge is -2.34. The van der Waals surface area contributed by atoms with Crippen LogP contribution in [0, 0.1) is 0 Å². The normalized spacial score (nSPS) is 19.1. The van der Waals surface area contributed by atoms with Crippen molar-refractivity contribution in [3.8, 4) is 0 Å². The molecule has 0 N–H and O–H groups in total. The van der Waals surface area contributed by atoms with Gasteiger partial charge in [-0.1, -0.05) is 6.07 Å². The first-order chi connectivity index (χ1) is 10.0. The SMILES string of the molecule is CC(C)N(c1ccc([C@H]2CCCCN2C=O)cn1)C(C)C. The predicted molar refractivity (Wildman–Crippen MR) is 86.4 cm³/mol. The quantitative estimate of drug-likeness (QED) is 0.780. The molecule has 0 saturated carbocycles. The highest BCUT2D eigenvalue weighted by Crippen LogP contribution is 2.30. The highest BCUT2D eigenvalue weighted by atomic mass is 16.1. The van der Waals surface area contributed by atoms with Gasteiger partial charge in [0.25, 0.3) is 0 Å². The molecule has 0 aromatic carbocycles. The Morgan fingerprint density at radius 3 is 2.48 bits per heavy atom. The minimum Gasteiger partial charge on any atom is -0.352 e. The molecule has 0 spiro atoms. The Morgan fingerprint density at radius 2 is 1.95 bits per heavy atom. The number of aromatic nitrogens is 1. The zero-order valence-electron chi connectivity index (χ0n) is 13.6. The molecule has 0 aliphatic carbocycles. The van der Waals surface area contributed by atoms with E-state index < -0.39 is 0 Å².